The van der Waals surface area contributed by atoms with E-state index in [1.807, 2.05) is 30.3 Å². The molecule has 1 saturated carbocycles. The molecule has 0 unspecified atom stereocenters. The Morgan fingerprint density at radius 2 is 1.80 bits per heavy atom. The lowest BCUT2D eigenvalue weighted by Crippen LogP contribution is -2.51. The number of alkyl carbamates (subject to hydrolysis) is 1. The summed E-state index contributed by atoms with van der Waals surface area (Å²) >= 11 is 0. The summed E-state index contributed by atoms with van der Waals surface area (Å²) in [6.07, 6.45) is 1.13. The van der Waals surface area contributed by atoms with Gasteiger partial charge in [0.05, 0.1) is 55.9 Å². The number of rotatable bonds is 12. The number of aliphatic hydroxyl groups is 1. The lowest BCUT2D eigenvalue weighted by molar-refractivity contribution is -0.145. The van der Waals surface area contributed by atoms with Gasteiger partial charge in [-0.25, -0.2) is 13.2 Å². The maximum absolute atomic E-state index is 13.7. The number of sulfonamides is 1. The summed E-state index contributed by atoms with van der Waals surface area (Å²) in [6, 6.07) is 14.4. The molecule has 2 aromatic carbocycles. The van der Waals surface area contributed by atoms with E-state index in [4.69, 9.17) is 23.8 Å². The monoisotopic (exact) mass is 590 g/mol. The molecule has 12 heteroatoms. The van der Waals surface area contributed by atoms with E-state index in [1.165, 1.54) is 19.2 Å². The smallest absolute Gasteiger partial charge is 0.407 e. The highest BCUT2D eigenvalue weighted by atomic mass is 32.2. The summed E-state index contributed by atoms with van der Waals surface area (Å²) in [5, 5.41) is 14.2. The molecule has 2 saturated heterocycles. The molecule has 1 aliphatic carbocycles. The number of nitrogens with zero attached hydrogens (tertiary/aromatic N) is 1. The summed E-state index contributed by atoms with van der Waals surface area (Å²) in [7, 11) is -2.65. The first-order chi connectivity index (χ1) is 19.8. The molecule has 2 N–H and O–H groups in total. The molecule has 0 aromatic heterocycles. The number of methoxy groups -OCH3 is 1. The predicted molar refractivity (Wildman–Crippen MR) is 147 cm³/mol. The number of nitrogens with one attached hydrogen (secondary N) is 1. The van der Waals surface area contributed by atoms with Gasteiger partial charge < -0.3 is 29.4 Å². The molecule has 3 fully saturated rings. The summed E-state index contributed by atoms with van der Waals surface area (Å²) in [5.74, 6) is 0.476. The fourth-order valence-electron chi connectivity index (χ4n) is 5.52. The first-order valence-electron chi connectivity index (χ1n) is 14.1. The Morgan fingerprint density at radius 3 is 2.51 bits per heavy atom. The number of amides is 1. The number of ether oxygens (including phenoxy) is 4. The average molecular weight is 591 g/mol. The van der Waals surface area contributed by atoms with Gasteiger partial charge in [0.2, 0.25) is 0 Å². The van der Waals surface area contributed by atoms with E-state index in [0.717, 1.165) is 42.1 Å². The summed E-state index contributed by atoms with van der Waals surface area (Å²) in [6.45, 7) is 0.386. The van der Waals surface area contributed by atoms with Crippen molar-refractivity contribution in [2.24, 2.45) is 5.92 Å². The second kappa shape index (κ2) is 13.5. The normalized spacial score (nSPS) is 24.2. The lowest BCUT2D eigenvalue weighted by atomic mass is 10.0. The van der Waals surface area contributed by atoms with Crippen LogP contribution in [0.5, 0.6) is 5.75 Å². The van der Waals surface area contributed by atoms with Crippen LogP contribution in [0.3, 0.4) is 0 Å². The van der Waals surface area contributed by atoms with Crippen molar-refractivity contribution in [1.29, 1.82) is 0 Å². The SMILES string of the molecule is COc1ccc(S(=O)(=O)N(C[C@@H](O)[C@H](Cc2ccccc2)NC(=O)O[C@H]2CO[C@@H]3OCC[C@@H]32)OC2CCCC2)cc1. The fourth-order valence-corrected chi connectivity index (χ4v) is 6.82. The van der Waals surface area contributed by atoms with E-state index in [2.05, 4.69) is 5.32 Å². The molecule has 0 bridgehead atoms. The third-order valence-electron chi connectivity index (χ3n) is 7.84. The quantitative estimate of drug-likeness (QED) is 0.358. The number of carbonyl (C=O) groups excluding carboxylic acids is 1. The minimum absolute atomic E-state index is 0.00467. The Morgan fingerprint density at radius 1 is 1.07 bits per heavy atom. The molecule has 5 rings (SSSR count). The first-order valence-corrected chi connectivity index (χ1v) is 15.5. The Kier molecular flexibility index (Phi) is 9.79. The van der Waals surface area contributed by atoms with Crippen LogP contribution in [-0.2, 0) is 35.5 Å². The number of hydrogen-bond acceptors (Lipinski definition) is 9. The van der Waals surface area contributed by atoms with E-state index in [9.17, 15) is 18.3 Å². The van der Waals surface area contributed by atoms with Crippen molar-refractivity contribution in [2.75, 3.05) is 26.9 Å². The van der Waals surface area contributed by atoms with Crippen LogP contribution in [0.15, 0.2) is 59.5 Å². The molecule has 2 aliphatic heterocycles. The second-order valence-electron chi connectivity index (χ2n) is 10.7. The standard InChI is InChI=1S/C29H38N2O9S/c1-36-21-11-13-23(14-12-21)41(34,35)31(40-22-9-5-6-10-22)18-26(32)25(17-20-7-3-2-4-8-20)30-29(33)39-27-19-38-28-24(27)15-16-37-28/h2-4,7-8,11-14,22,24-28,32H,5-6,9-10,15-19H2,1H3,(H,30,33)/t24-,25+,26-,27+,28+/m1/s1. The number of carbonyl (C=O) groups is 1. The van der Waals surface area contributed by atoms with Crippen molar-refractivity contribution in [3.05, 3.63) is 60.2 Å². The average Bonchev–Trinajstić information content (AvgIpc) is 3.74. The van der Waals surface area contributed by atoms with Crippen molar-refractivity contribution >= 4 is 16.1 Å². The highest BCUT2D eigenvalue weighted by molar-refractivity contribution is 7.89. The Balaban J connectivity index is 1.33. The highest BCUT2D eigenvalue weighted by Gasteiger charge is 2.44. The number of aliphatic hydroxyl groups excluding tert-OH is 1. The number of benzene rings is 2. The van der Waals surface area contributed by atoms with E-state index in [0.29, 0.717) is 12.4 Å². The number of hydrogen-bond donors (Lipinski definition) is 2. The van der Waals surface area contributed by atoms with Gasteiger partial charge in [-0.2, -0.15) is 0 Å². The predicted octanol–water partition coefficient (Wildman–Crippen LogP) is 3.02. The topological polar surface area (TPSA) is 133 Å². The van der Waals surface area contributed by atoms with Crippen LogP contribution in [0.25, 0.3) is 0 Å². The fraction of sp³-hybridized carbons (Fsp3) is 0.552. The Hall–Kier alpha value is -2.74. The van der Waals surface area contributed by atoms with Gasteiger partial charge in [0.1, 0.15) is 11.9 Å². The zero-order chi connectivity index (χ0) is 28.8. The second-order valence-corrected chi connectivity index (χ2v) is 12.5. The van der Waals surface area contributed by atoms with Crippen molar-refractivity contribution < 1.29 is 42.1 Å². The molecule has 2 heterocycles. The van der Waals surface area contributed by atoms with Crippen LogP contribution in [-0.4, -0.2) is 81.6 Å². The largest absolute Gasteiger partial charge is 0.497 e. The molecule has 2 aromatic rings. The van der Waals surface area contributed by atoms with Crippen LogP contribution in [0.4, 0.5) is 4.79 Å². The zero-order valence-corrected chi connectivity index (χ0v) is 23.9. The molecule has 0 spiro atoms. The van der Waals surface area contributed by atoms with Crippen LogP contribution < -0.4 is 10.1 Å². The van der Waals surface area contributed by atoms with E-state index < -0.39 is 40.9 Å². The van der Waals surface area contributed by atoms with Crippen LogP contribution in [0.2, 0.25) is 0 Å². The van der Waals surface area contributed by atoms with Gasteiger partial charge in [-0.05, 0) is 55.5 Å². The van der Waals surface area contributed by atoms with Crippen molar-refractivity contribution in [1.82, 2.24) is 9.79 Å². The number of fused-ring (bicyclic) bond motifs is 1. The van der Waals surface area contributed by atoms with E-state index in [1.54, 1.807) is 12.1 Å². The van der Waals surface area contributed by atoms with Crippen molar-refractivity contribution in [2.45, 2.75) is 74.1 Å². The minimum Gasteiger partial charge on any atom is -0.497 e. The van der Waals surface area contributed by atoms with E-state index >= 15 is 0 Å². The van der Waals surface area contributed by atoms with Gasteiger partial charge in [0, 0.05) is 0 Å². The molecule has 41 heavy (non-hydrogen) atoms. The maximum Gasteiger partial charge on any atom is 0.407 e. The number of hydroxylamine groups is 1. The Labute approximate surface area is 240 Å². The molecule has 3 aliphatic rings. The highest BCUT2D eigenvalue weighted by Crippen LogP contribution is 2.33. The van der Waals surface area contributed by atoms with Crippen LogP contribution in [0.1, 0.15) is 37.7 Å². The molecule has 224 valence electrons. The van der Waals surface area contributed by atoms with Gasteiger partial charge in [-0.1, -0.05) is 47.6 Å². The molecule has 11 nitrogen and oxygen atoms in total. The molecular weight excluding hydrogens is 552 g/mol. The molecule has 1 amide bonds. The van der Waals surface area contributed by atoms with Gasteiger partial charge in [-0.3, -0.25) is 4.84 Å². The van der Waals surface area contributed by atoms with Crippen molar-refractivity contribution in [3.63, 3.8) is 0 Å². The molecular formula is C29H38N2O9S. The summed E-state index contributed by atoms with van der Waals surface area (Å²) in [5.41, 5.74) is 0.853. The minimum atomic E-state index is -4.15. The van der Waals surface area contributed by atoms with E-state index in [-0.39, 0.29) is 36.2 Å². The van der Waals surface area contributed by atoms with Gasteiger partial charge in [-0.15, -0.1) is 0 Å². The van der Waals surface area contributed by atoms with Crippen molar-refractivity contribution in [3.8, 4) is 5.75 Å². The zero-order valence-electron chi connectivity index (χ0n) is 23.1. The van der Waals surface area contributed by atoms with Crippen LogP contribution >= 0.6 is 0 Å². The third-order valence-corrected chi connectivity index (χ3v) is 9.48. The lowest BCUT2D eigenvalue weighted by Gasteiger charge is -2.31. The van der Waals surface area contributed by atoms with Crippen LogP contribution in [0, 0.1) is 5.92 Å². The molecule has 5 atom stereocenters. The third kappa shape index (κ3) is 7.37. The molecule has 0 radical (unpaired) electrons. The summed E-state index contributed by atoms with van der Waals surface area (Å²) in [4.78, 5) is 19.0. The van der Waals surface area contributed by atoms with Gasteiger partial charge in [0.25, 0.3) is 10.0 Å². The first kappa shape index (κ1) is 29.7. The van der Waals surface area contributed by atoms with Gasteiger partial charge >= 0.3 is 6.09 Å². The maximum atomic E-state index is 13.7. The van der Waals surface area contributed by atoms with Gasteiger partial charge in [0.15, 0.2) is 6.29 Å². The summed E-state index contributed by atoms with van der Waals surface area (Å²) < 4.78 is 50.2. The Bertz CT molecular complexity index is 1240.